The van der Waals surface area contributed by atoms with E-state index in [1.165, 1.54) is 18.4 Å². The molecule has 3 heteroatoms. The highest BCUT2D eigenvalue weighted by Gasteiger charge is 2.36. The van der Waals surface area contributed by atoms with E-state index in [1.807, 2.05) is 6.20 Å². The predicted molar refractivity (Wildman–Crippen MR) is 55.4 cm³/mol. The van der Waals surface area contributed by atoms with E-state index in [2.05, 4.69) is 24.0 Å². The van der Waals surface area contributed by atoms with E-state index in [0.717, 1.165) is 25.3 Å². The van der Waals surface area contributed by atoms with Gasteiger partial charge in [0.25, 0.3) is 0 Å². The van der Waals surface area contributed by atoms with Crippen LogP contribution in [-0.2, 0) is 6.42 Å². The Morgan fingerprint density at radius 2 is 2.36 bits per heavy atom. The number of nitrogens with one attached hydrogen (secondary N) is 1. The minimum absolute atomic E-state index is 0.576. The molecule has 2 rings (SSSR count). The van der Waals surface area contributed by atoms with Crippen molar-refractivity contribution >= 4 is 0 Å². The van der Waals surface area contributed by atoms with Gasteiger partial charge in [0.15, 0.2) is 0 Å². The number of hydrogen-bond donors (Lipinski definition) is 1. The van der Waals surface area contributed by atoms with Crippen LogP contribution in [0.4, 0.5) is 0 Å². The summed E-state index contributed by atoms with van der Waals surface area (Å²) in [6.45, 7) is 5.25. The summed E-state index contributed by atoms with van der Waals surface area (Å²) in [7, 11) is 0. The average molecular weight is 194 g/mol. The first-order valence-corrected chi connectivity index (χ1v) is 5.38. The molecule has 3 nitrogen and oxygen atoms in total. The number of H-pyrrole nitrogens is 1. The van der Waals surface area contributed by atoms with Gasteiger partial charge >= 0.3 is 0 Å². The molecule has 0 amide bonds. The maximum absolute atomic E-state index is 5.67. The number of ether oxygens (including phenoxy) is 1. The van der Waals surface area contributed by atoms with Crippen molar-refractivity contribution in [2.45, 2.75) is 39.5 Å². The summed E-state index contributed by atoms with van der Waals surface area (Å²) < 4.78 is 5.67. The molecule has 0 atom stereocenters. The zero-order valence-corrected chi connectivity index (χ0v) is 8.97. The number of aromatic nitrogens is 2. The van der Waals surface area contributed by atoms with E-state index in [0.29, 0.717) is 5.41 Å². The van der Waals surface area contributed by atoms with Crippen molar-refractivity contribution in [3.8, 4) is 5.88 Å². The van der Waals surface area contributed by atoms with Gasteiger partial charge in [0.1, 0.15) is 0 Å². The molecule has 0 aromatic carbocycles. The molecule has 1 aliphatic carbocycles. The Kier molecular flexibility index (Phi) is 2.48. The van der Waals surface area contributed by atoms with E-state index in [1.54, 1.807) is 0 Å². The van der Waals surface area contributed by atoms with Crippen molar-refractivity contribution in [2.24, 2.45) is 5.41 Å². The number of nitrogens with zero attached hydrogens (tertiary/aromatic N) is 1. The smallest absolute Gasteiger partial charge is 0.212 e. The maximum atomic E-state index is 5.67. The lowest BCUT2D eigenvalue weighted by Gasteiger charge is -2.09. The van der Waals surface area contributed by atoms with Gasteiger partial charge in [-0.2, -0.15) is 5.10 Å². The fraction of sp³-hybridized carbons (Fsp3) is 0.727. The Balaban J connectivity index is 1.79. The van der Waals surface area contributed by atoms with E-state index >= 15 is 0 Å². The standard InChI is InChI=1S/C11H18N2O/c1-3-9-8-12-13-10(9)14-7-6-11(2)4-5-11/h8H,3-7H2,1-2H3,(H,12,13). The van der Waals surface area contributed by atoms with Crippen LogP contribution in [0.2, 0.25) is 0 Å². The number of aryl methyl sites for hydroxylation is 1. The van der Waals surface area contributed by atoms with E-state index in [9.17, 15) is 0 Å². The lowest BCUT2D eigenvalue weighted by atomic mass is 10.1. The van der Waals surface area contributed by atoms with Gasteiger partial charge in [0.2, 0.25) is 5.88 Å². The Morgan fingerprint density at radius 3 is 3.00 bits per heavy atom. The van der Waals surface area contributed by atoms with Crippen LogP contribution in [0.5, 0.6) is 5.88 Å². The Hall–Kier alpha value is -0.990. The summed E-state index contributed by atoms with van der Waals surface area (Å²) in [5.74, 6) is 0.858. The fourth-order valence-corrected chi connectivity index (χ4v) is 1.54. The Labute approximate surface area is 84.9 Å². The highest BCUT2D eigenvalue weighted by molar-refractivity contribution is 5.22. The molecule has 1 fully saturated rings. The second-order valence-corrected chi connectivity index (χ2v) is 4.49. The van der Waals surface area contributed by atoms with E-state index in [-0.39, 0.29) is 0 Å². The van der Waals surface area contributed by atoms with Gasteiger partial charge in [-0.05, 0) is 31.1 Å². The van der Waals surface area contributed by atoms with Crippen LogP contribution >= 0.6 is 0 Å². The van der Waals surface area contributed by atoms with Gasteiger partial charge in [-0.1, -0.05) is 13.8 Å². The highest BCUT2D eigenvalue weighted by Crippen LogP contribution is 2.47. The second-order valence-electron chi connectivity index (χ2n) is 4.49. The van der Waals surface area contributed by atoms with Crippen LogP contribution in [-0.4, -0.2) is 16.8 Å². The van der Waals surface area contributed by atoms with Gasteiger partial charge < -0.3 is 4.74 Å². The molecule has 78 valence electrons. The molecule has 0 aliphatic heterocycles. The summed E-state index contributed by atoms with van der Waals surface area (Å²) in [6.07, 6.45) is 6.70. The molecule has 0 saturated heterocycles. The monoisotopic (exact) mass is 194 g/mol. The molecule has 0 unspecified atom stereocenters. The number of aromatic amines is 1. The van der Waals surface area contributed by atoms with Crippen LogP contribution in [0.1, 0.15) is 38.7 Å². The quantitative estimate of drug-likeness (QED) is 0.782. The summed E-state index contributed by atoms with van der Waals surface area (Å²) in [4.78, 5) is 0. The normalized spacial score (nSPS) is 18.1. The molecule has 1 aromatic rings. The number of hydrogen-bond acceptors (Lipinski definition) is 2. The Bertz CT molecular complexity index is 302. The summed E-state index contributed by atoms with van der Waals surface area (Å²) in [6, 6.07) is 0. The van der Waals surface area contributed by atoms with Gasteiger partial charge in [0, 0.05) is 5.56 Å². The first-order chi connectivity index (χ1) is 6.73. The molecule has 1 aliphatic rings. The predicted octanol–water partition coefficient (Wildman–Crippen LogP) is 2.54. The molecule has 1 heterocycles. The van der Waals surface area contributed by atoms with Gasteiger partial charge in [-0.15, -0.1) is 0 Å². The third kappa shape index (κ3) is 2.08. The Morgan fingerprint density at radius 1 is 1.57 bits per heavy atom. The first kappa shape index (κ1) is 9.56. The van der Waals surface area contributed by atoms with Crippen LogP contribution in [0.3, 0.4) is 0 Å². The molecule has 1 aromatic heterocycles. The topological polar surface area (TPSA) is 37.9 Å². The van der Waals surface area contributed by atoms with Crippen molar-refractivity contribution in [3.63, 3.8) is 0 Å². The molecule has 0 radical (unpaired) electrons. The minimum atomic E-state index is 0.576. The molecule has 14 heavy (non-hydrogen) atoms. The third-order valence-electron chi connectivity index (χ3n) is 3.11. The van der Waals surface area contributed by atoms with Crippen LogP contribution in [0.15, 0.2) is 6.20 Å². The molecular weight excluding hydrogens is 176 g/mol. The number of rotatable bonds is 5. The van der Waals surface area contributed by atoms with Crippen molar-refractivity contribution in [1.82, 2.24) is 10.2 Å². The highest BCUT2D eigenvalue weighted by atomic mass is 16.5. The third-order valence-corrected chi connectivity index (χ3v) is 3.11. The molecular formula is C11H18N2O. The zero-order valence-electron chi connectivity index (χ0n) is 8.97. The largest absolute Gasteiger partial charge is 0.478 e. The summed E-state index contributed by atoms with van der Waals surface area (Å²) in [5, 5.41) is 6.86. The lowest BCUT2D eigenvalue weighted by molar-refractivity contribution is 0.265. The van der Waals surface area contributed by atoms with Gasteiger partial charge in [-0.3, -0.25) is 0 Å². The zero-order chi connectivity index (χ0) is 10.0. The SMILES string of the molecule is CCc1cn[nH]c1OCCC1(C)CC1. The van der Waals surface area contributed by atoms with Crippen molar-refractivity contribution in [3.05, 3.63) is 11.8 Å². The van der Waals surface area contributed by atoms with Gasteiger partial charge in [-0.25, -0.2) is 5.10 Å². The second kappa shape index (κ2) is 3.64. The molecule has 1 saturated carbocycles. The van der Waals surface area contributed by atoms with Gasteiger partial charge in [0.05, 0.1) is 12.8 Å². The van der Waals surface area contributed by atoms with Crippen LogP contribution in [0, 0.1) is 5.41 Å². The average Bonchev–Trinajstić information content (AvgIpc) is 2.75. The van der Waals surface area contributed by atoms with E-state index in [4.69, 9.17) is 4.74 Å². The first-order valence-electron chi connectivity index (χ1n) is 5.38. The van der Waals surface area contributed by atoms with Crippen LogP contribution < -0.4 is 4.74 Å². The van der Waals surface area contributed by atoms with Crippen molar-refractivity contribution < 1.29 is 4.74 Å². The fourth-order valence-electron chi connectivity index (χ4n) is 1.54. The molecule has 0 spiro atoms. The molecule has 1 N–H and O–H groups in total. The summed E-state index contributed by atoms with van der Waals surface area (Å²) in [5.41, 5.74) is 1.75. The summed E-state index contributed by atoms with van der Waals surface area (Å²) >= 11 is 0. The lowest BCUT2D eigenvalue weighted by Crippen LogP contribution is -2.05. The van der Waals surface area contributed by atoms with Crippen LogP contribution in [0.25, 0.3) is 0 Å². The van der Waals surface area contributed by atoms with Crippen molar-refractivity contribution in [1.29, 1.82) is 0 Å². The minimum Gasteiger partial charge on any atom is -0.478 e. The molecule has 0 bridgehead atoms. The maximum Gasteiger partial charge on any atom is 0.212 e. The van der Waals surface area contributed by atoms with E-state index < -0.39 is 0 Å². The van der Waals surface area contributed by atoms with Crippen molar-refractivity contribution in [2.75, 3.05) is 6.61 Å².